The van der Waals surface area contributed by atoms with Gasteiger partial charge in [-0.15, -0.1) is 0 Å². The first-order valence-corrected chi connectivity index (χ1v) is 7.32. The molecule has 21 heavy (non-hydrogen) atoms. The van der Waals surface area contributed by atoms with Crippen molar-refractivity contribution in [2.75, 3.05) is 0 Å². The Bertz CT molecular complexity index is 548. The standard InChI is InChI=1S/C15H24N4O2/c1-10(2)8-12-13(20)19(15(3,4)14(21)16-12)9-11-6-7-18(5)17-11/h6-7,10,12H,8-9H2,1-5H3,(H,16,21). The Labute approximate surface area is 125 Å². The lowest BCUT2D eigenvalue weighted by atomic mass is 9.92. The van der Waals surface area contributed by atoms with Crippen LogP contribution in [0.15, 0.2) is 12.3 Å². The van der Waals surface area contributed by atoms with Crippen LogP contribution in [0.5, 0.6) is 0 Å². The third-order valence-electron chi connectivity index (χ3n) is 3.90. The number of carbonyl (C=O) groups is 2. The summed E-state index contributed by atoms with van der Waals surface area (Å²) in [6, 6.07) is 1.43. The number of aryl methyl sites for hydroxylation is 1. The van der Waals surface area contributed by atoms with Gasteiger partial charge in [0.05, 0.1) is 12.2 Å². The Hall–Kier alpha value is -1.85. The quantitative estimate of drug-likeness (QED) is 0.902. The molecule has 1 N–H and O–H groups in total. The number of rotatable bonds is 4. The smallest absolute Gasteiger partial charge is 0.246 e. The lowest BCUT2D eigenvalue weighted by Crippen LogP contribution is -2.68. The number of carbonyl (C=O) groups excluding carboxylic acids is 2. The zero-order chi connectivity index (χ0) is 15.8. The van der Waals surface area contributed by atoms with Crippen LogP contribution in [0.25, 0.3) is 0 Å². The Morgan fingerprint density at radius 3 is 2.57 bits per heavy atom. The fourth-order valence-electron chi connectivity index (χ4n) is 2.60. The Morgan fingerprint density at radius 1 is 1.38 bits per heavy atom. The predicted molar refractivity (Wildman–Crippen MR) is 79.2 cm³/mol. The lowest BCUT2D eigenvalue weighted by molar-refractivity contribution is -0.156. The van der Waals surface area contributed by atoms with E-state index in [-0.39, 0.29) is 11.8 Å². The van der Waals surface area contributed by atoms with Crippen molar-refractivity contribution in [3.8, 4) is 0 Å². The normalized spacial score (nSPS) is 21.8. The Morgan fingerprint density at radius 2 is 2.05 bits per heavy atom. The molecular formula is C15H24N4O2. The van der Waals surface area contributed by atoms with Crippen LogP contribution in [0, 0.1) is 5.92 Å². The highest BCUT2D eigenvalue weighted by Crippen LogP contribution is 2.25. The zero-order valence-corrected chi connectivity index (χ0v) is 13.4. The van der Waals surface area contributed by atoms with Crippen LogP contribution in [0.2, 0.25) is 0 Å². The summed E-state index contributed by atoms with van der Waals surface area (Å²) in [5.74, 6) is 0.208. The molecule has 1 aliphatic heterocycles. The van der Waals surface area contributed by atoms with Crippen molar-refractivity contribution in [3.63, 3.8) is 0 Å². The average Bonchev–Trinajstić information content (AvgIpc) is 2.77. The summed E-state index contributed by atoms with van der Waals surface area (Å²) in [6.45, 7) is 7.99. The zero-order valence-electron chi connectivity index (χ0n) is 13.4. The molecular weight excluding hydrogens is 268 g/mol. The summed E-state index contributed by atoms with van der Waals surface area (Å²) in [6.07, 6.45) is 2.49. The summed E-state index contributed by atoms with van der Waals surface area (Å²) in [5.41, 5.74) is -0.0702. The van der Waals surface area contributed by atoms with Crippen LogP contribution in [0.3, 0.4) is 0 Å². The van der Waals surface area contributed by atoms with E-state index in [0.717, 1.165) is 5.69 Å². The van der Waals surface area contributed by atoms with E-state index >= 15 is 0 Å². The van der Waals surface area contributed by atoms with E-state index in [1.165, 1.54) is 0 Å². The van der Waals surface area contributed by atoms with Crippen molar-refractivity contribution in [2.24, 2.45) is 13.0 Å². The first kappa shape index (κ1) is 15.5. The molecule has 0 aliphatic carbocycles. The second-order valence-electron chi connectivity index (χ2n) is 6.62. The van der Waals surface area contributed by atoms with Gasteiger partial charge in [-0.2, -0.15) is 5.10 Å². The molecule has 0 aromatic carbocycles. The molecule has 2 rings (SSSR count). The molecule has 1 aliphatic rings. The van der Waals surface area contributed by atoms with Gasteiger partial charge in [-0.3, -0.25) is 14.3 Å². The average molecular weight is 292 g/mol. The van der Waals surface area contributed by atoms with Gasteiger partial charge in [0.25, 0.3) is 0 Å². The third kappa shape index (κ3) is 3.09. The number of piperazine rings is 1. The summed E-state index contributed by atoms with van der Waals surface area (Å²) < 4.78 is 1.70. The second-order valence-corrected chi connectivity index (χ2v) is 6.62. The molecule has 1 fully saturated rings. The fourth-order valence-corrected chi connectivity index (χ4v) is 2.60. The molecule has 0 saturated carbocycles. The van der Waals surface area contributed by atoms with E-state index in [9.17, 15) is 9.59 Å². The minimum absolute atomic E-state index is 0.0287. The van der Waals surface area contributed by atoms with Gasteiger partial charge in [-0.05, 0) is 32.3 Å². The largest absolute Gasteiger partial charge is 0.342 e. The maximum atomic E-state index is 12.7. The van der Waals surface area contributed by atoms with Crippen LogP contribution in [0.4, 0.5) is 0 Å². The van der Waals surface area contributed by atoms with E-state index in [2.05, 4.69) is 10.4 Å². The summed E-state index contributed by atoms with van der Waals surface area (Å²) >= 11 is 0. The molecule has 1 unspecified atom stereocenters. The molecule has 0 radical (unpaired) electrons. The van der Waals surface area contributed by atoms with Gasteiger partial charge in [0.2, 0.25) is 11.8 Å². The molecule has 2 heterocycles. The van der Waals surface area contributed by atoms with E-state index in [1.54, 1.807) is 23.4 Å². The molecule has 116 valence electrons. The molecule has 1 atom stereocenters. The van der Waals surface area contributed by atoms with Gasteiger partial charge >= 0.3 is 0 Å². The molecule has 1 saturated heterocycles. The highest BCUT2D eigenvalue weighted by atomic mass is 16.2. The van der Waals surface area contributed by atoms with Gasteiger partial charge in [0.1, 0.15) is 11.6 Å². The number of hydrogen-bond acceptors (Lipinski definition) is 3. The maximum absolute atomic E-state index is 12.7. The first-order valence-electron chi connectivity index (χ1n) is 7.32. The molecule has 6 heteroatoms. The fraction of sp³-hybridized carbons (Fsp3) is 0.667. The highest BCUT2D eigenvalue weighted by Gasteiger charge is 2.46. The molecule has 0 bridgehead atoms. The Kier molecular flexibility index (Phi) is 4.07. The first-order chi connectivity index (χ1) is 9.71. The molecule has 6 nitrogen and oxygen atoms in total. The maximum Gasteiger partial charge on any atom is 0.246 e. The topological polar surface area (TPSA) is 67.2 Å². The lowest BCUT2D eigenvalue weighted by Gasteiger charge is -2.44. The minimum atomic E-state index is -0.859. The Balaban J connectivity index is 2.24. The summed E-state index contributed by atoms with van der Waals surface area (Å²) in [4.78, 5) is 26.7. The number of aromatic nitrogens is 2. The van der Waals surface area contributed by atoms with E-state index < -0.39 is 11.6 Å². The van der Waals surface area contributed by atoms with Gasteiger partial charge in [0, 0.05) is 13.2 Å². The summed E-state index contributed by atoms with van der Waals surface area (Å²) in [5, 5.41) is 7.16. The van der Waals surface area contributed by atoms with Crippen LogP contribution in [-0.2, 0) is 23.2 Å². The van der Waals surface area contributed by atoms with Crippen molar-refractivity contribution in [1.82, 2.24) is 20.0 Å². The monoisotopic (exact) mass is 292 g/mol. The van der Waals surface area contributed by atoms with Crippen molar-refractivity contribution < 1.29 is 9.59 Å². The van der Waals surface area contributed by atoms with Gasteiger partial charge < -0.3 is 10.2 Å². The molecule has 1 aromatic heterocycles. The van der Waals surface area contributed by atoms with Crippen molar-refractivity contribution >= 4 is 11.8 Å². The van der Waals surface area contributed by atoms with Gasteiger partial charge in [-0.25, -0.2) is 0 Å². The van der Waals surface area contributed by atoms with E-state index in [4.69, 9.17) is 0 Å². The SMILES string of the molecule is CC(C)CC1NC(=O)C(C)(C)N(Cc2ccn(C)n2)C1=O. The number of hydrogen-bond donors (Lipinski definition) is 1. The van der Waals surface area contributed by atoms with Crippen molar-refractivity contribution in [1.29, 1.82) is 0 Å². The van der Waals surface area contributed by atoms with Crippen LogP contribution < -0.4 is 5.32 Å². The van der Waals surface area contributed by atoms with E-state index in [0.29, 0.717) is 18.9 Å². The minimum Gasteiger partial charge on any atom is -0.342 e. The van der Waals surface area contributed by atoms with Crippen LogP contribution in [-0.4, -0.2) is 38.1 Å². The molecule has 2 amide bonds. The predicted octanol–water partition coefficient (Wildman–Crippen LogP) is 1.07. The van der Waals surface area contributed by atoms with Gasteiger partial charge in [-0.1, -0.05) is 13.8 Å². The third-order valence-corrected chi connectivity index (χ3v) is 3.90. The second kappa shape index (κ2) is 5.50. The number of nitrogens with one attached hydrogen (secondary N) is 1. The van der Waals surface area contributed by atoms with Crippen LogP contribution in [0.1, 0.15) is 39.8 Å². The summed E-state index contributed by atoms with van der Waals surface area (Å²) in [7, 11) is 1.83. The molecule has 0 spiro atoms. The number of amides is 2. The van der Waals surface area contributed by atoms with Gasteiger partial charge in [0.15, 0.2) is 0 Å². The van der Waals surface area contributed by atoms with Crippen LogP contribution >= 0.6 is 0 Å². The molecule has 1 aromatic rings. The highest BCUT2D eigenvalue weighted by molar-refractivity contribution is 5.99. The van der Waals surface area contributed by atoms with Crippen molar-refractivity contribution in [3.05, 3.63) is 18.0 Å². The number of nitrogens with zero attached hydrogens (tertiary/aromatic N) is 3. The van der Waals surface area contributed by atoms with E-state index in [1.807, 2.05) is 33.2 Å². The van der Waals surface area contributed by atoms with Crippen molar-refractivity contribution in [2.45, 2.75) is 52.2 Å².